The van der Waals surface area contributed by atoms with Gasteiger partial charge in [0.2, 0.25) is 0 Å². The molecule has 5 heteroatoms. The first-order chi connectivity index (χ1) is 8.08. The molecule has 0 saturated heterocycles. The third-order valence-corrected chi connectivity index (χ3v) is 2.71. The van der Waals surface area contributed by atoms with Crippen LogP contribution in [0.1, 0.15) is 38.1 Å². The van der Waals surface area contributed by atoms with E-state index in [1.165, 1.54) is 0 Å². The van der Waals surface area contributed by atoms with E-state index in [-0.39, 0.29) is 0 Å². The lowest BCUT2D eigenvalue weighted by molar-refractivity contribution is 0.111. The van der Waals surface area contributed by atoms with Crippen molar-refractivity contribution in [2.45, 2.75) is 20.8 Å². The Kier molecular flexibility index (Phi) is 2.67. The first-order valence-corrected chi connectivity index (χ1v) is 5.15. The van der Waals surface area contributed by atoms with Gasteiger partial charge >= 0.3 is 0 Å². The van der Waals surface area contributed by atoms with Crippen molar-refractivity contribution in [3.8, 4) is 11.4 Å². The zero-order valence-corrected chi connectivity index (χ0v) is 9.83. The van der Waals surface area contributed by atoms with Gasteiger partial charge in [-0.25, -0.2) is 4.98 Å². The quantitative estimate of drug-likeness (QED) is 0.823. The number of aromatic nitrogens is 2. The molecule has 2 heterocycles. The first-order valence-electron chi connectivity index (χ1n) is 5.15. The molecule has 1 N–H and O–H groups in total. The number of carbonyl (C=O) groups is 2. The SMILES string of the molecule is Cc1nc(-c2[nH]c(C=O)c(C)c2C=O)c(C)o1. The summed E-state index contributed by atoms with van der Waals surface area (Å²) in [5, 5.41) is 0. The molecular weight excluding hydrogens is 220 g/mol. The molecule has 0 unspecified atom stereocenters. The Hall–Kier alpha value is -2.17. The van der Waals surface area contributed by atoms with E-state index in [4.69, 9.17) is 4.42 Å². The van der Waals surface area contributed by atoms with Gasteiger partial charge in [0.25, 0.3) is 0 Å². The molecule has 0 spiro atoms. The third kappa shape index (κ3) is 1.69. The highest BCUT2D eigenvalue weighted by molar-refractivity contribution is 5.92. The Labute approximate surface area is 97.9 Å². The van der Waals surface area contributed by atoms with Crippen LogP contribution in [0.3, 0.4) is 0 Å². The predicted molar refractivity (Wildman–Crippen MR) is 61.3 cm³/mol. The lowest BCUT2D eigenvalue weighted by Gasteiger charge is -1.95. The highest BCUT2D eigenvalue weighted by Gasteiger charge is 2.19. The minimum Gasteiger partial charge on any atom is -0.446 e. The maximum absolute atomic E-state index is 11.1. The number of hydrogen-bond acceptors (Lipinski definition) is 4. The number of oxazole rings is 1. The van der Waals surface area contributed by atoms with Crippen molar-refractivity contribution in [2.24, 2.45) is 0 Å². The van der Waals surface area contributed by atoms with Gasteiger partial charge in [0, 0.05) is 12.5 Å². The van der Waals surface area contributed by atoms with Crippen LogP contribution in [-0.4, -0.2) is 22.5 Å². The number of carbonyl (C=O) groups excluding carboxylic acids is 2. The van der Waals surface area contributed by atoms with E-state index >= 15 is 0 Å². The largest absolute Gasteiger partial charge is 0.446 e. The summed E-state index contributed by atoms with van der Waals surface area (Å²) in [7, 11) is 0. The topological polar surface area (TPSA) is 76.0 Å². The Balaban J connectivity index is 2.70. The predicted octanol–water partition coefficient (Wildman–Crippen LogP) is 2.22. The molecule has 0 aliphatic rings. The maximum atomic E-state index is 11.1. The fraction of sp³-hybridized carbons (Fsp3) is 0.250. The van der Waals surface area contributed by atoms with Gasteiger partial charge in [0.05, 0.1) is 11.4 Å². The molecule has 2 rings (SSSR count). The molecular formula is C12H12N2O3. The van der Waals surface area contributed by atoms with Crippen LogP contribution >= 0.6 is 0 Å². The van der Waals surface area contributed by atoms with Gasteiger partial charge in [-0.3, -0.25) is 9.59 Å². The van der Waals surface area contributed by atoms with Crippen molar-refractivity contribution in [2.75, 3.05) is 0 Å². The Morgan fingerprint density at radius 1 is 1.18 bits per heavy atom. The number of nitrogens with zero attached hydrogens (tertiary/aromatic N) is 1. The molecule has 0 aromatic carbocycles. The minimum atomic E-state index is 0.391. The van der Waals surface area contributed by atoms with Crippen LogP contribution in [-0.2, 0) is 0 Å². The minimum absolute atomic E-state index is 0.391. The number of rotatable bonds is 3. The van der Waals surface area contributed by atoms with Crippen molar-refractivity contribution >= 4 is 12.6 Å². The lowest BCUT2D eigenvalue weighted by Crippen LogP contribution is -1.88. The number of nitrogens with one attached hydrogen (secondary N) is 1. The molecule has 0 aliphatic heterocycles. The van der Waals surface area contributed by atoms with Crippen LogP contribution in [0.25, 0.3) is 11.4 Å². The average molecular weight is 232 g/mol. The third-order valence-electron chi connectivity index (χ3n) is 2.71. The Morgan fingerprint density at radius 3 is 2.35 bits per heavy atom. The summed E-state index contributed by atoms with van der Waals surface area (Å²) in [6.45, 7) is 5.21. The van der Waals surface area contributed by atoms with E-state index < -0.39 is 0 Å². The average Bonchev–Trinajstić information content (AvgIpc) is 2.78. The van der Waals surface area contributed by atoms with Gasteiger partial charge in [0.1, 0.15) is 11.5 Å². The summed E-state index contributed by atoms with van der Waals surface area (Å²) in [5.74, 6) is 1.14. The molecule has 0 fully saturated rings. The van der Waals surface area contributed by atoms with Crippen molar-refractivity contribution in [3.63, 3.8) is 0 Å². The fourth-order valence-electron chi connectivity index (χ4n) is 1.84. The van der Waals surface area contributed by atoms with E-state index in [0.29, 0.717) is 46.1 Å². The molecule has 0 saturated carbocycles. The maximum Gasteiger partial charge on any atom is 0.191 e. The lowest BCUT2D eigenvalue weighted by atomic mass is 10.1. The summed E-state index contributed by atoms with van der Waals surface area (Å²) in [5.41, 5.74) is 2.57. The molecule has 0 atom stereocenters. The molecule has 2 aromatic rings. The monoisotopic (exact) mass is 232 g/mol. The highest BCUT2D eigenvalue weighted by atomic mass is 16.4. The van der Waals surface area contributed by atoms with Gasteiger partial charge in [-0.2, -0.15) is 0 Å². The zero-order chi connectivity index (χ0) is 12.6. The van der Waals surface area contributed by atoms with Gasteiger partial charge < -0.3 is 9.40 Å². The van der Waals surface area contributed by atoms with E-state index in [2.05, 4.69) is 9.97 Å². The normalized spacial score (nSPS) is 10.5. The van der Waals surface area contributed by atoms with Crippen LogP contribution in [0.15, 0.2) is 4.42 Å². The van der Waals surface area contributed by atoms with Gasteiger partial charge in [0.15, 0.2) is 18.5 Å². The van der Waals surface area contributed by atoms with E-state index in [1.807, 2.05) is 0 Å². The van der Waals surface area contributed by atoms with Gasteiger partial charge in [-0.1, -0.05) is 0 Å². The Morgan fingerprint density at radius 2 is 1.88 bits per heavy atom. The van der Waals surface area contributed by atoms with Crippen LogP contribution < -0.4 is 0 Å². The molecule has 0 aliphatic carbocycles. The summed E-state index contributed by atoms with van der Waals surface area (Å²) in [4.78, 5) is 29.0. The van der Waals surface area contributed by atoms with E-state index in [0.717, 1.165) is 6.29 Å². The summed E-state index contributed by atoms with van der Waals surface area (Å²) in [6.07, 6.45) is 1.41. The molecule has 5 nitrogen and oxygen atoms in total. The van der Waals surface area contributed by atoms with Crippen LogP contribution in [0.4, 0.5) is 0 Å². The van der Waals surface area contributed by atoms with Gasteiger partial charge in [-0.15, -0.1) is 0 Å². The summed E-state index contributed by atoms with van der Waals surface area (Å²) in [6, 6.07) is 0. The molecule has 0 bridgehead atoms. The second-order valence-electron chi connectivity index (χ2n) is 3.83. The molecule has 0 radical (unpaired) electrons. The number of aldehydes is 2. The van der Waals surface area contributed by atoms with Gasteiger partial charge in [-0.05, 0) is 19.4 Å². The van der Waals surface area contributed by atoms with Crippen molar-refractivity contribution in [1.82, 2.24) is 9.97 Å². The van der Waals surface area contributed by atoms with Crippen LogP contribution in [0, 0.1) is 20.8 Å². The van der Waals surface area contributed by atoms with E-state index in [1.54, 1.807) is 20.8 Å². The van der Waals surface area contributed by atoms with Crippen molar-refractivity contribution in [1.29, 1.82) is 0 Å². The molecule has 88 valence electrons. The smallest absolute Gasteiger partial charge is 0.191 e. The fourth-order valence-corrected chi connectivity index (χ4v) is 1.84. The highest BCUT2D eigenvalue weighted by Crippen LogP contribution is 2.28. The zero-order valence-electron chi connectivity index (χ0n) is 9.83. The van der Waals surface area contributed by atoms with E-state index in [9.17, 15) is 9.59 Å². The first kappa shape index (κ1) is 11.3. The molecule has 2 aromatic heterocycles. The van der Waals surface area contributed by atoms with Crippen molar-refractivity contribution < 1.29 is 14.0 Å². The standard InChI is InChI=1S/C12H12N2O3/c1-6-9(4-15)12(14-10(6)5-16)11-7(2)17-8(3)13-11/h4-5,14H,1-3H3. The van der Waals surface area contributed by atoms with Crippen LogP contribution in [0.2, 0.25) is 0 Å². The number of aryl methyl sites for hydroxylation is 2. The number of hydrogen-bond donors (Lipinski definition) is 1. The number of aromatic amines is 1. The van der Waals surface area contributed by atoms with Crippen LogP contribution in [0.5, 0.6) is 0 Å². The summed E-state index contributed by atoms with van der Waals surface area (Å²) >= 11 is 0. The number of H-pyrrole nitrogens is 1. The Bertz CT molecular complexity index is 593. The second kappa shape index (κ2) is 4.01. The second-order valence-corrected chi connectivity index (χ2v) is 3.83. The molecule has 17 heavy (non-hydrogen) atoms. The van der Waals surface area contributed by atoms with Crippen molar-refractivity contribution in [3.05, 3.63) is 28.5 Å². The molecule has 0 amide bonds. The summed E-state index contributed by atoms with van der Waals surface area (Å²) < 4.78 is 5.32.